The predicted molar refractivity (Wildman–Crippen MR) is 119 cm³/mol. The molecule has 0 saturated carbocycles. The molecule has 2 aliphatic heterocycles. The molecule has 0 radical (unpaired) electrons. The highest BCUT2D eigenvalue weighted by Crippen LogP contribution is 2.35. The van der Waals surface area contributed by atoms with Crippen LogP contribution in [0.25, 0.3) is 6.08 Å². The van der Waals surface area contributed by atoms with Gasteiger partial charge in [0.2, 0.25) is 0 Å². The van der Waals surface area contributed by atoms with E-state index >= 15 is 0 Å². The molecule has 8 nitrogen and oxygen atoms in total. The number of hydrogen-bond donors (Lipinski definition) is 1. The minimum atomic E-state index is -0.539. The van der Waals surface area contributed by atoms with E-state index in [0.717, 1.165) is 0 Å². The number of rotatable bonds is 5. The van der Waals surface area contributed by atoms with Crippen LogP contribution in [-0.2, 0) is 19.1 Å². The van der Waals surface area contributed by atoms with Crippen LogP contribution in [-0.4, -0.2) is 55.5 Å². The van der Waals surface area contributed by atoms with Crippen LogP contribution in [0.3, 0.4) is 0 Å². The second kappa shape index (κ2) is 9.60. The summed E-state index contributed by atoms with van der Waals surface area (Å²) in [5, 5.41) is 1.49. The maximum absolute atomic E-state index is 12.7. The van der Waals surface area contributed by atoms with Gasteiger partial charge in [-0.15, -0.1) is 0 Å². The monoisotopic (exact) mass is 475 g/mol. The summed E-state index contributed by atoms with van der Waals surface area (Å²) in [4.78, 5) is 39.0. The lowest BCUT2D eigenvalue weighted by Crippen LogP contribution is -2.43. The summed E-state index contributed by atoms with van der Waals surface area (Å²) in [7, 11) is 0. The number of ether oxygens (including phenoxy) is 2. The van der Waals surface area contributed by atoms with Crippen LogP contribution in [0, 0.1) is 0 Å². The number of morpholine rings is 1. The van der Waals surface area contributed by atoms with Gasteiger partial charge in [-0.05, 0) is 35.9 Å². The highest BCUT2D eigenvalue weighted by Gasteiger charge is 2.34. The molecule has 2 aromatic carbocycles. The Morgan fingerprint density at radius 3 is 2.41 bits per heavy atom. The highest BCUT2D eigenvalue weighted by molar-refractivity contribution is 6.37. The summed E-state index contributed by atoms with van der Waals surface area (Å²) in [5.41, 5.74) is 3.46. The molecule has 0 atom stereocenters. The number of benzene rings is 2. The zero-order valence-corrected chi connectivity index (χ0v) is 18.4. The second-order valence-electron chi connectivity index (χ2n) is 7.07. The van der Waals surface area contributed by atoms with E-state index in [2.05, 4.69) is 5.43 Å². The zero-order chi connectivity index (χ0) is 22.7. The van der Waals surface area contributed by atoms with Crippen molar-refractivity contribution in [3.05, 3.63) is 63.6 Å². The SMILES string of the molecule is O=C1NN(c2ccccc2)C(=O)/C1=C\c1cc(Cl)c(OCC(=O)N2CCOCC2)c(Cl)c1. The van der Waals surface area contributed by atoms with Gasteiger partial charge in [0.1, 0.15) is 5.57 Å². The maximum atomic E-state index is 12.7. The van der Waals surface area contributed by atoms with Crippen molar-refractivity contribution in [1.29, 1.82) is 0 Å². The summed E-state index contributed by atoms with van der Waals surface area (Å²) in [5.74, 6) is -1.07. The standard InChI is InChI=1S/C22H19Cl2N3O5/c23-17-11-14(10-16-21(29)25-27(22(16)30)15-4-2-1-3-5-15)12-18(24)20(17)32-13-19(28)26-6-8-31-9-7-26/h1-5,10-12H,6-9,13H2,(H,25,29)/b16-10-. The van der Waals surface area contributed by atoms with E-state index in [1.54, 1.807) is 29.2 Å². The van der Waals surface area contributed by atoms with E-state index in [0.29, 0.717) is 37.6 Å². The Balaban J connectivity index is 1.49. The van der Waals surface area contributed by atoms with Gasteiger partial charge in [0.25, 0.3) is 17.7 Å². The lowest BCUT2D eigenvalue weighted by molar-refractivity contribution is -0.137. The molecule has 10 heteroatoms. The van der Waals surface area contributed by atoms with Gasteiger partial charge < -0.3 is 14.4 Å². The van der Waals surface area contributed by atoms with E-state index in [4.69, 9.17) is 32.7 Å². The predicted octanol–water partition coefficient (Wildman–Crippen LogP) is 2.69. The lowest BCUT2D eigenvalue weighted by Gasteiger charge is -2.26. The molecule has 0 bridgehead atoms. The van der Waals surface area contributed by atoms with Gasteiger partial charge in [0.05, 0.1) is 28.9 Å². The molecule has 0 aliphatic carbocycles. The minimum Gasteiger partial charge on any atom is -0.481 e. The van der Waals surface area contributed by atoms with E-state index in [-0.39, 0.29) is 33.9 Å². The van der Waals surface area contributed by atoms with Gasteiger partial charge >= 0.3 is 0 Å². The summed E-state index contributed by atoms with van der Waals surface area (Å²) in [6, 6.07) is 11.8. The summed E-state index contributed by atoms with van der Waals surface area (Å²) < 4.78 is 10.8. The first-order chi connectivity index (χ1) is 15.4. The number of halogens is 2. The largest absolute Gasteiger partial charge is 0.481 e. The number of anilines is 1. The van der Waals surface area contributed by atoms with Crippen molar-refractivity contribution in [3.63, 3.8) is 0 Å². The van der Waals surface area contributed by atoms with Gasteiger partial charge in [-0.2, -0.15) is 0 Å². The zero-order valence-electron chi connectivity index (χ0n) is 16.8. The third-order valence-corrected chi connectivity index (χ3v) is 5.50. The van der Waals surface area contributed by atoms with Crippen molar-refractivity contribution in [3.8, 4) is 5.75 Å². The average molecular weight is 476 g/mol. The topological polar surface area (TPSA) is 88.2 Å². The number of hydrogen-bond acceptors (Lipinski definition) is 5. The van der Waals surface area contributed by atoms with Crippen LogP contribution in [0.2, 0.25) is 10.0 Å². The molecule has 2 saturated heterocycles. The number of para-hydroxylation sites is 1. The number of amides is 3. The van der Waals surface area contributed by atoms with Gasteiger partial charge in [-0.1, -0.05) is 41.4 Å². The summed E-state index contributed by atoms with van der Waals surface area (Å²) in [6.45, 7) is 1.78. The number of nitrogens with one attached hydrogen (secondary N) is 1. The van der Waals surface area contributed by atoms with Crippen molar-refractivity contribution >= 4 is 52.7 Å². The number of carbonyl (C=O) groups is 3. The van der Waals surface area contributed by atoms with E-state index in [1.807, 2.05) is 6.07 Å². The van der Waals surface area contributed by atoms with Gasteiger partial charge in [0.15, 0.2) is 12.4 Å². The second-order valence-corrected chi connectivity index (χ2v) is 7.88. The fraction of sp³-hybridized carbons (Fsp3) is 0.227. The Morgan fingerprint density at radius 2 is 1.75 bits per heavy atom. The molecular weight excluding hydrogens is 457 g/mol. The molecule has 0 unspecified atom stereocenters. The van der Waals surface area contributed by atoms with Gasteiger partial charge in [-0.3, -0.25) is 19.8 Å². The van der Waals surface area contributed by atoms with Crippen LogP contribution in [0.4, 0.5) is 5.69 Å². The van der Waals surface area contributed by atoms with Gasteiger partial charge in [0, 0.05) is 13.1 Å². The van der Waals surface area contributed by atoms with Crippen LogP contribution >= 0.6 is 23.2 Å². The minimum absolute atomic E-state index is 0.0582. The molecule has 2 aliphatic rings. The quantitative estimate of drug-likeness (QED) is 0.530. The van der Waals surface area contributed by atoms with Crippen molar-refractivity contribution in [2.45, 2.75) is 0 Å². The van der Waals surface area contributed by atoms with E-state index < -0.39 is 11.8 Å². The molecule has 2 aromatic rings. The van der Waals surface area contributed by atoms with Crippen molar-refractivity contribution < 1.29 is 23.9 Å². The number of nitrogens with zero attached hydrogens (tertiary/aromatic N) is 2. The van der Waals surface area contributed by atoms with E-state index in [9.17, 15) is 14.4 Å². The van der Waals surface area contributed by atoms with Crippen LogP contribution < -0.4 is 15.2 Å². The molecule has 2 fully saturated rings. The maximum Gasteiger partial charge on any atom is 0.282 e. The summed E-state index contributed by atoms with van der Waals surface area (Å²) in [6.07, 6.45) is 1.40. The molecule has 2 heterocycles. The summed E-state index contributed by atoms with van der Waals surface area (Å²) >= 11 is 12.6. The Bertz CT molecular complexity index is 1060. The first-order valence-electron chi connectivity index (χ1n) is 9.83. The van der Waals surface area contributed by atoms with Crippen LogP contribution in [0.1, 0.15) is 5.56 Å². The number of carbonyl (C=O) groups excluding carboxylic acids is 3. The molecule has 32 heavy (non-hydrogen) atoms. The Labute approximate surface area is 194 Å². The lowest BCUT2D eigenvalue weighted by atomic mass is 10.1. The third-order valence-electron chi connectivity index (χ3n) is 4.94. The molecule has 3 amide bonds. The van der Waals surface area contributed by atoms with Crippen LogP contribution in [0.5, 0.6) is 5.75 Å². The molecular formula is C22H19Cl2N3O5. The number of hydrazine groups is 1. The smallest absolute Gasteiger partial charge is 0.282 e. The van der Waals surface area contributed by atoms with Crippen molar-refractivity contribution in [1.82, 2.24) is 10.3 Å². The Hall–Kier alpha value is -3.07. The fourth-order valence-electron chi connectivity index (χ4n) is 3.32. The molecule has 166 valence electrons. The van der Waals surface area contributed by atoms with Crippen molar-refractivity contribution in [2.24, 2.45) is 0 Å². The van der Waals surface area contributed by atoms with Crippen LogP contribution in [0.15, 0.2) is 48.0 Å². The first-order valence-corrected chi connectivity index (χ1v) is 10.6. The normalized spacial score (nSPS) is 17.6. The molecule has 1 N–H and O–H groups in total. The highest BCUT2D eigenvalue weighted by atomic mass is 35.5. The molecule has 0 spiro atoms. The average Bonchev–Trinajstić information content (AvgIpc) is 3.08. The fourth-order valence-corrected chi connectivity index (χ4v) is 3.93. The molecule has 4 rings (SSSR count). The molecule has 0 aromatic heterocycles. The Kier molecular flexibility index (Phi) is 6.64. The van der Waals surface area contributed by atoms with E-state index in [1.165, 1.54) is 23.2 Å². The Morgan fingerprint density at radius 1 is 1.09 bits per heavy atom. The van der Waals surface area contributed by atoms with Crippen molar-refractivity contribution in [2.75, 3.05) is 37.9 Å². The van der Waals surface area contributed by atoms with Gasteiger partial charge in [-0.25, -0.2) is 5.01 Å². The first kappa shape index (κ1) is 22.1. The third kappa shape index (κ3) is 4.72.